The van der Waals surface area contributed by atoms with E-state index in [1.807, 2.05) is 24.3 Å². The third kappa shape index (κ3) is 5.72. The topological polar surface area (TPSA) is 6.48 Å². The fourth-order valence-corrected chi connectivity index (χ4v) is 7.05. The highest BCUT2D eigenvalue weighted by Gasteiger charge is 2.37. The second kappa shape index (κ2) is 12.8. The molecule has 0 atom stereocenters. The maximum atomic E-state index is 4.02. The summed E-state index contributed by atoms with van der Waals surface area (Å²) in [7, 11) is 0. The molecule has 1 aliphatic carbocycles. The van der Waals surface area contributed by atoms with Crippen LogP contribution in [0.5, 0.6) is 0 Å². The zero-order valence-corrected chi connectivity index (χ0v) is 28.2. The molecule has 238 valence electrons. The molecular weight excluding hydrogens is 593 g/mol. The smallest absolute Gasteiger partial charge is 0.0467 e. The number of rotatable bonds is 10. The molecular formula is C47H40N2. The van der Waals surface area contributed by atoms with Crippen molar-refractivity contribution in [1.82, 2.24) is 0 Å². The SMILES string of the molecule is C=Cc1cccc(N(c2cccc(C=C)c2)c2ccc3c(c2)C(C)(C)c2cc(N(c4cccc(C=C)c4)c4cccc(C=C)c4)ccc2-3)c1. The Kier molecular flexibility index (Phi) is 8.24. The number of anilines is 6. The van der Waals surface area contributed by atoms with E-state index in [4.69, 9.17) is 0 Å². The van der Waals surface area contributed by atoms with Gasteiger partial charge in [0.05, 0.1) is 0 Å². The minimum Gasteiger partial charge on any atom is -0.310 e. The normalized spacial score (nSPS) is 12.4. The van der Waals surface area contributed by atoms with Gasteiger partial charge in [0.2, 0.25) is 0 Å². The number of benzene rings is 6. The maximum absolute atomic E-state index is 4.02. The predicted molar refractivity (Wildman–Crippen MR) is 214 cm³/mol. The van der Waals surface area contributed by atoms with Crippen LogP contribution >= 0.6 is 0 Å². The highest BCUT2D eigenvalue weighted by atomic mass is 15.1. The van der Waals surface area contributed by atoms with Gasteiger partial charge in [0, 0.05) is 39.5 Å². The van der Waals surface area contributed by atoms with Gasteiger partial charge in [0.15, 0.2) is 0 Å². The van der Waals surface area contributed by atoms with E-state index in [-0.39, 0.29) is 5.41 Å². The van der Waals surface area contributed by atoms with Gasteiger partial charge in [0.25, 0.3) is 0 Å². The van der Waals surface area contributed by atoms with Gasteiger partial charge in [-0.25, -0.2) is 0 Å². The molecule has 0 saturated heterocycles. The van der Waals surface area contributed by atoms with Crippen molar-refractivity contribution >= 4 is 58.4 Å². The molecule has 0 aromatic heterocycles. The summed E-state index contributed by atoms with van der Waals surface area (Å²) < 4.78 is 0. The van der Waals surface area contributed by atoms with E-state index in [0.29, 0.717) is 0 Å². The average molecular weight is 633 g/mol. The van der Waals surface area contributed by atoms with Crippen LogP contribution in [-0.4, -0.2) is 0 Å². The zero-order valence-electron chi connectivity index (χ0n) is 28.2. The Hall–Kier alpha value is -6.12. The van der Waals surface area contributed by atoms with E-state index in [2.05, 4.69) is 183 Å². The molecule has 6 aromatic rings. The summed E-state index contributed by atoms with van der Waals surface area (Å²) in [5.41, 5.74) is 15.7. The third-order valence-electron chi connectivity index (χ3n) is 9.62. The molecule has 6 aromatic carbocycles. The van der Waals surface area contributed by atoms with Crippen LogP contribution in [0.3, 0.4) is 0 Å². The Morgan fingerprint density at radius 1 is 0.388 bits per heavy atom. The molecule has 0 N–H and O–H groups in total. The molecule has 0 unspecified atom stereocenters. The average Bonchev–Trinajstić information content (AvgIpc) is 3.37. The summed E-state index contributed by atoms with van der Waals surface area (Å²) in [6, 6.07) is 47.9. The summed E-state index contributed by atoms with van der Waals surface area (Å²) in [6.07, 6.45) is 7.58. The first kappa shape index (κ1) is 31.5. The van der Waals surface area contributed by atoms with Crippen LogP contribution in [0.2, 0.25) is 0 Å². The first-order chi connectivity index (χ1) is 23.8. The number of nitrogens with zero attached hydrogens (tertiary/aromatic N) is 2. The Morgan fingerprint density at radius 2 is 0.673 bits per heavy atom. The lowest BCUT2D eigenvalue weighted by molar-refractivity contribution is 0.660. The van der Waals surface area contributed by atoms with Gasteiger partial charge in [0.1, 0.15) is 0 Å². The summed E-state index contributed by atoms with van der Waals surface area (Å²) in [4.78, 5) is 4.65. The molecule has 0 bridgehead atoms. The molecule has 0 amide bonds. The third-order valence-corrected chi connectivity index (χ3v) is 9.62. The predicted octanol–water partition coefficient (Wildman–Crippen LogP) is 13.5. The Labute approximate surface area is 290 Å². The van der Waals surface area contributed by atoms with Crippen LogP contribution in [0.25, 0.3) is 35.4 Å². The van der Waals surface area contributed by atoms with Gasteiger partial charge >= 0.3 is 0 Å². The van der Waals surface area contributed by atoms with E-state index < -0.39 is 0 Å². The van der Waals surface area contributed by atoms with E-state index in [9.17, 15) is 0 Å². The van der Waals surface area contributed by atoms with Crippen LogP contribution in [0, 0.1) is 0 Å². The Bertz CT molecular complexity index is 1990. The van der Waals surface area contributed by atoms with Crippen molar-refractivity contribution in [2.24, 2.45) is 0 Å². The molecule has 0 heterocycles. The highest BCUT2D eigenvalue weighted by Crippen LogP contribution is 2.52. The van der Waals surface area contributed by atoms with Crippen molar-refractivity contribution in [3.05, 3.63) is 193 Å². The number of hydrogen-bond acceptors (Lipinski definition) is 2. The summed E-state index contributed by atoms with van der Waals surface area (Å²) in [5.74, 6) is 0. The number of fused-ring (bicyclic) bond motifs is 3. The highest BCUT2D eigenvalue weighted by molar-refractivity contribution is 5.89. The van der Waals surface area contributed by atoms with Gasteiger partial charge < -0.3 is 9.80 Å². The molecule has 0 aliphatic heterocycles. The standard InChI is InChI=1S/C47H40N2/c1-7-33-15-11-19-37(27-33)48(38-20-12-16-34(8-2)28-38)41-23-25-43-44-26-24-42(32-46(44)47(5,6)45(43)31-41)49(39-21-13-17-35(9-3)29-39)40-22-14-18-36(10-4)30-40/h7-32H,1-4H2,5-6H3. The monoisotopic (exact) mass is 632 g/mol. The van der Waals surface area contributed by atoms with Gasteiger partial charge in [-0.15, -0.1) is 0 Å². The molecule has 2 nitrogen and oxygen atoms in total. The molecule has 49 heavy (non-hydrogen) atoms. The fourth-order valence-electron chi connectivity index (χ4n) is 7.05. The lowest BCUT2D eigenvalue weighted by Gasteiger charge is -2.29. The first-order valence-electron chi connectivity index (χ1n) is 16.6. The molecule has 1 aliphatic rings. The minimum atomic E-state index is -0.244. The van der Waals surface area contributed by atoms with Crippen LogP contribution in [0.1, 0.15) is 47.2 Å². The van der Waals surface area contributed by atoms with Gasteiger partial charge in [-0.1, -0.05) is 125 Å². The van der Waals surface area contributed by atoms with Crippen LogP contribution < -0.4 is 9.80 Å². The molecule has 0 spiro atoms. The molecule has 0 radical (unpaired) electrons. The Balaban J connectivity index is 1.36. The van der Waals surface area contributed by atoms with E-state index >= 15 is 0 Å². The molecule has 2 heteroatoms. The molecule has 7 rings (SSSR count). The van der Waals surface area contributed by atoms with Crippen molar-refractivity contribution in [2.45, 2.75) is 19.3 Å². The second-order valence-electron chi connectivity index (χ2n) is 13.0. The van der Waals surface area contributed by atoms with Crippen molar-refractivity contribution < 1.29 is 0 Å². The lowest BCUT2D eigenvalue weighted by atomic mass is 9.82. The fraction of sp³-hybridized carbons (Fsp3) is 0.0638. The van der Waals surface area contributed by atoms with E-state index in [1.165, 1.54) is 22.3 Å². The number of hydrogen-bond donors (Lipinski definition) is 0. The van der Waals surface area contributed by atoms with Gasteiger partial charge in [-0.05, 0) is 117 Å². The second-order valence-corrected chi connectivity index (χ2v) is 13.0. The van der Waals surface area contributed by atoms with Crippen LogP contribution in [-0.2, 0) is 5.41 Å². The van der Waals surface area contributed by atoms with E-state index in [1.54, 1.807) is 0 Å². The Morgan fingerprint density at radius 3 is 0.959 bits per heavy atom. The lowest BCUT2D eigenvalue weighted by Crippen LogP contribution is -2.17. The molecule has 0 saturated carbocycles. The minimum absolute atomic E-state index is 0.244. The maximum Gasteiger partial charge on any atom is 0.0467 e. The van der Waals surface area contributed by atoms with Crippen LogP contribution in [0.4, 0.5) is 34.1 Å². The largest absolute Gasteiger partial charge is 0.310 e. The quantitative estimate of drug-likeness (QED) is 0.148. The summed E-state index contributed by atoms with van der Waals surface area (Å²) in [5, 5.41) is 0. The summed E-state index contributed by atoms with van der Waals surface area (Å²) in [6.45, 7) is 20.8. The van der Waals surface area contributed by atoms with Crippen molar-refractivity contribution in [2.75, 3.05) is 9.80 Å². The van der Waals surface area contributed by atoms with Crippen molar-refractivity contribution in [1.29, 1.82) is 0 Å². The van der Waals surface area contributed by atoms with Crippen molar-refractivity contribution in [3.63, 3.8) is 0 Å². The zero-order chi connectivity index (χ0) is 34.1. The van der Waals surface area contributed by atoms with E-state index in [0.717, 1.165) is 56.4 Å². The first-order valence-corrected chi connectivity index (χ1v) is 16.6. The van der Waals surface area contributed by atoms with Crippen LogP contribution in [0.15, 0.2) is 160 Å². The van der Waals surface area contributed by atoms with Gasteiger partial charge in [-0.2, -0.15) is 0 Å². The summed E-state index contributed by atoms with van der Waals surface area (Å²) >= 11 is 0. The van der Waals surface area contributed by atoms with Gasteiger partial charge in [-0.3, -0.25) is 0 Å². The molecule has 0 fully saturated rings. The van der Waals surface area contributed by atoms with Crippen molar-refractivity contribution in [3.8, 4) is 11.1 Å².